The lowest BCUT2D eigenvalue weighted by Crippen LogP contribution is -2.66. The van der Waals surface area contributed by atoms with Gasteiger partial charge >= 0.3 is 0 Å². The average molecular weight is 1270 g/mol. The zero-order chi connectivity index (χ0) is 64.7. The molecule has 0 saturated carbocycles. The third-order valence-corrected chi connectivity index (χ3v) is 17.6. The summed E-state index contributed by atoms with van der Waals surface area (Å²) in [5, 5.41) is 121. The molecule has 0 aromatic rings. The molecule has 3 saturated heterocycles. The number of carbonyl (C=O) groups is 1. The van der Waals surface area contributed by atoms with E-state index in [2.05, 4.69) is 55.6 Å². The third kappa shape index (κ3) is 34.1. The zero-order valence-corrected chi connectivity index (χ0v) is 54.9. The first-order chi connectivity index (χ1) is 43.3. The Hall–Kier alpha value is -2.25. The number of hydrogen-bond donors (Lipinski definition) is 12. The minimum atomic E-state index is -1.98. The van der Waals surface area contributed by atoms with Crippen molar-refractivity contribution in [1.82, 2.24) is 5.32 Å². The van der Waals surface area contributed by atoms with Gasteiger partial charge in [0.2, 0.25) is 5.91 Å². The monoisotopic (exact) mass is 1270 g/mol. The number of aliphatic hydroxyl groups is 11. The highest BCUT2D eigenvalue weighted by Gasteiger charge is 2.53. The van der Waals surface area contributed by atoms with Crippen molar-refractivity contribution in [2.45, 2.75) is 362 Å². The Morgan fingerprint density at radius 2 is 0.742 bits per heavy atom. The summed E-state index contributed by atoms with van der Waals surface area (Å²) in [5.74, 6) is -0.287. The molecule has 89 heavy (non-hydrogen) atoms. The highest BCUT2D eigenvalue weighted by Crippen LogP contribution is 2.33. The van der Waals surface area contributed by atoms with Gasteiger partial charge in [0.15, 0.2) is 18.9 Å². The van der Waals surface area contributed by atoms with Crippen LogP contribution in [-0.2, 0) is 33.2 Å². The minimum Gasteiger partial charge on any atom is -0.394 e. The molecule has 3 fully saturated rings. The maximum atomic E-state index is 13.4. The van der Waals surface area contributed by atoms with Crippen molar-refractivity contribution in [3.05, 3.63) is 48.6 Å². The summed E-state index contributed by atoms with van der Waals surface area (Å²) in [7, 11) is 0. The lowest BCUT2D eigenvalue weighted by atomic mass is 9.96. The van der Waals surface area contributed by atoms with Gasteiger partial charge in [0.05, 0.1) is 38.6 Å². The Morgan fingerprint density at radius 3 is 1.16 bits per heavy atom. The third-order valence-electron chi connectivity index (χ3n) is 17.6. The largest absolute Gasteiger partial charge is 0.394 e. The van der Waals surface area contributed by atoms with E-state index in [1.807, 2.05) is 6.08 Å². The SMILES string of the molecule is CCCCCCC/C=C\C/C=C\C/C=C\CCCCCCCCC(=O)NC(COC1OC(CO)C(OC2OC(CO)C(OC3OC(CO)C(O)C(O)C3O)C(O)C2O)C(O)C1O)C(O)/C=C/CCCCCCCCCCCCCCCCCCCCCCC. The summed E-state index contributed by atoms with van der Waals surface area (Å²) in [6.45, 7) is 1.73. The number of amides is 1. The predicted molar refractivity (Wildman–Crippen MR) is 346 cm³/mol. The van der Waals surface area contributed by atoms with Gasteiger partial charge in [-0.1, -0.05) is 242 Å². The maximum absolute atomic E-state index is 13.4. The Morgan fingerprint density at radius 1 is 0.404 bits per heavy atom. The molecular weight excluding hydrogens is 1140 g/mol. The van der Waals surface area contributed by atoms with Crippen LogP contribution >= 0.6 is 0 Å². The quantitative estimate of drug-likeness (QED) is 0.0199. The highest BCUT2D eigenvalue weighted by molar-refractivity contribution is 5.76. The van der Waals surface area contributed by atoms with E-state index in [9.17, 15) is 61.0 Å². The second-order valence-electron chi connectivity index (χ2n) is 25.3. The molecule has 0 aromatic carbocycles. The van der Waals surface area contributed by atoms with Crippen LogP contribution in [0.15, 0.2) is 48.6 Å². The molecule has 0 aromatic heterocycles. The number of aliphatic hydroxyl groups excluding tert-OH is 11. The van der Waals surface area contributed by atoms with Gasteiger partial charge in [0.25, 0.3) is 0 Å². The van der Waals surface area contributed by atoms with Crippen LogP contribution in [0.3, 0.4) is 0 Å². The lowest BCUT2D eigenvalue weighted by Gasteiger charge is -2.48. The molecule has 0 aliphatic carbocycles. The minimum absolute atomic E-state index is 0.228. The van der Waals surface area contributed by atoms with E-state index in [1.54, 1.807) is 6.08 Å². The number of allylic oxidation sites excluding steroid dienone is 7. The summed E-state index contributed by atoms with van der Waals surface area (Å²) < 4.78 is 34.4. The Balaban J connectivity index is 1.45. The molecule has 3 aliphatic heterocycles. The highest BCUT2D eigenvalue weighted by atomic mass is 16.8. The number of ether oxygens (including phenoxy) is 6. The number of hydrogen-bond acceptors (Lipinski definition) is 18. The van der Waals surface area contributed by atoms with Crippen molar-refractivity contribution in [3.8, 4) is 0 Å². The van der Waals surface area contributed by atoms with E-state index >= 15 is 0 Å². The first kappa shape index (κ1) is 81.0. The Kier molecular flexibility index (Phi) is 47.4. The van der Waals surface area contributed by atoms with E-state index < -0.39 is 124 Å². The molecule has 12 N–H and O–H groups in total. The Labute approximate surface area is 535 Å². The fourth-order valence-electron chi connectivity index (χ4n) is 11.8. The van der Waals surface area contributed by atoms with E-state index in [4.69, 9.17) is 28.4 Å². The molecule has 17 atom stereocenters. The van der Waals surface area contributed by atoms with E-state index in [1.165, 1.54) is 154 Å². The zero-order valence-electron chi connectivity index (χ0n) is 54.9. The summed E-state index contributed by atoms with van der Waals surface area (Å²) in [5.41, 5.74) is 0. The van der Waals surface area contributed by atoms with Crippen LogP contribution < -0.4 is 5.32 Å². The van der Waals surface area contributed by atoms with Gasteiger partial charge in [0.1, 0.15) is 73.2 Å². The summed E-state index contributed by atoms with van der Waals surface area (Å²) >= 11 is 0. The maximum Gasteiger partial charge on any atom is 0.220 e. The fraction of sp³-hybridized carbons (Fsp3) is 0.871. The number of unbranched alkanes of at least 4 members (excludes halogenated alkanes) is 32. The van der Waals surface area contributed by atoms with Gasteiger partial charge in [-0.05, 0) is 57.8 Å². The first-order valence-electron chi connectivity index (χ1n) is 35.4. The van der Waals surface area contributed by atoms with Crippen LogP contribution in [0.5, 0.6) is 0 Å². The van der Waals surface area contributed by atoms with Gasteiger partial charge in [-0.25, -0.2) is 0 Å². The molecule has 520 valence electrons. The van der Waals surface area contributed by atoms with Crippen molar-refractivity contribution < 1.29 is 89.4 Å². The number of carbonyl (C=O) groups excluding carboxylic acids is 1. The second-order valence-corrected chi connectivity index (χ2v) is 25.3. The predicted octanol–water partition coefficient (Wildman–Crippen LogP) is 9.39. The molecule has 3 rings (SSSR count). The van der Waals surface area contributed by atoms with Crippen molar-refractivity contribution in [2.75, 3.05) is 26.4 Å². The van der Waals surface area contributed by atoms with Crippen molar-refractivity contribution in [3.63, 3.8) is 0 Å². The molecule has 17 unspecified atom stereocenters. The summed E-state index contributed by atoms with van der Waals surface area (Å²) in [6.07, 6.45) is 35.0. The van der Waals surface area contributed by atoms with Gasteiger partial charge < -0.3 is 89.9 Å². The summed E-state index contributed by atoms with van der Waals surface area (Å²) in [4.78, 5) is 13.4. The van der Waals surface area contributed by atoms with Crippen LogP contribution in [-0.4, -0.2) is 193 Å². The van der Waals surface area contributed by atoms with Gasteiger partial charge in [-0.2, -0.15) is 0 Å². The summed E-state index contributed by atoms with van der Waals surface area (Å²) in [6, 6.07) is -0.982. The van der Waals surface area contributed by atoms with E-state index in [0.717, 1.165) is 77.0 Å². The second kappa shape index (κ2) is 52.1. The van der Waals surface area contributed by atoms with Crippen LogP contribution in [0, 0.1) is 0 Å². The smallest absolute Gasteiger partial charge is 0.220 e. The topological polar surface area (TPSA) is 307 Å². The molecule has 1 amide bonds. The standard InChI is InChI=1S/C70H127NO18/c1-3-5-7-9-11-13-15-17-19-21-23-25-26-28-29-31-33-35-37-39-41-43-45-47-54(75)53(71-58(76)48-46-44-42-40-38-36-34-32-30-27-24-22-20-18-16-14-12-10-8-6-4-2)52-84-68-64(82)61(79)66(56(50-73)86-68)89-70-65(83)62(80)67(57(51-74)87-70)88-69-63(81)60(78)59(77)55(49-72)85-69/h16,18,22,24,30,32,45,47,53-57,59-70,72-75,77-83H,3-15,17,19-21,23,25-29,31,33-44,46,48-52H2,1-2H3,(H,71,76)/b18-16-,24-22-,32-30-,47-45+. The molecule has 3 aliphatic rings. The van der Waals surface area contributed by atoms with E-state index in [0.29, 0.717) is 6.42 Å². The van der Waals surface area contributed by atoms with Crippen LogP contribution in [0.25, 0.3) is 0 Å². The number of nitrogens with one attached hydrogen (secondary N) is 1. The van der Waals surface area contributed by atoms with Crippen molar-refractivity contribution in [2.24, 2.45) is 0 Å². The fourth-order valence-corrected chi connectivity index (χ4v) is 11.8. The first-order valence-corrected chi connectivity index (χ1v) is 35.4. The van der Waals surface area contributed by atoms with Crippen molar-refractivity contribution in [1.29, 1.82) is 0 Å². The normalized spacial score (nSPS) is 28.5. The van der Waals surface area contributed by atoms with Crippen LogP contribution in [0.4, 0.5) is 0 Å². The molecule has 19 heteroatoms. The molecular formula is C70H127NO18. The molecule has 0 bridgehead atoms. The van der Waals surface area contributed by atoms with Crippen LogP contribution in [0.2, 0.25) is 0 Å². The molecule has 0 spiro atoms. The van der Waals surface area contributed by atoms with Crippen LogP contribution in [0.1, 0.15) is 258 Å². The molecule has 19 nitrogen and oxygen atoms in total. The Bertz CT molecular complexity index is 1800. The number of rotatable bonds is 54. The van der Waals surface area contributed by atoms with Crippen molar-refractivity contribution >= 4 is 5.91 Å². The van der Waals surface area contributed by atoms with Gasteiger partial charge in [-0.3, -0.25) is 4.79 Å². The van der Waals surface area contributed by atoms with E-state index in [-0.39, 0.29) is 18.9 Å². The van der Waals surface area contributed by atoms with Gasteiger partial charge in [-0.15, -0.1) is 0 Å². The van der Waals surface area contributed by atoms with Gasteiger partial charge in [0, 0.05) is 6.42 Å². The molecule has 3 heterocycles. The molecule has 0 radical (unpaired) electrons. The lowest BCUT2D eigenvalue weighted by molar-refractivity contribution is -0.379. The average Bonchev–Trinajstić information content (AvgIpc) is 1.93.